The van der Waals surface area contributed by atoms with Gasteiger partial charge in [-0.3, -0.25) is 9.48 Å². The van der Waals surface area contributed by atoms with Crippen LogP contribution in [0.4, 0.5) is 5.69 Å². The summed E-state index contributed by atoms with van der Waals surface area (Å²) in [6.45, 7) is 5.61. The van der Waals surface area contributed by atoms with E-state index in [9.17, 15) is 4.79 Å². The summed E-state index contributed by atoms with van der Waals surface area (Å²) in [5.74, 6) is 0.163. The maximum atomic E-state index is 12.5. The summed E-state index contributed by atoms with van der Waals surface area (Å²) in [7, 11) is 0. The minimum absolute atomic E-state index is 0.163. The molecule has 0 atom stereocenters. The van der Waals surface area contributed by atoms with Crippen molar-refractivity contribution < 1.29 is 4.79 Å². The maximum absolute atomic E-state index is 12.5. The number of carbonyl (C=O) groups is 1. The molecule has 0 spiro atoms. The summed E-state index contributed by atoms with van der Waals surface area (Å²) < 4.78 is 1.70. The first-order valence-electron chi connectivity index (χ1n) is 7.38. The van der Waals surface area contributed by atoms with Gasteiger partial charge >= 0.3 is 0 Å². The number of hydrogen-bond donors (Lipinski definition) is 0. The Morgan fingerprint density at radius 2 is 2.19 bits per heavy atom. The molecule has 0 saturated carbocycles. The number of aromatic nitrogens is 3. The smallest absolute Gasteiger partial charge is 0.228 e. The average Bonchev–Trinajstić information content (AvgIpc) is 2.97. The van der Waals surface area contributed by atoms with Gasteiger partial charge in [0.2, 0.25) is 5.91 Å². The summed E-state index contributed by atoms with van der Waals surface area (Å²) in [6.07, 6.45) is 5.69. The highest BCUT2D eigenvalue weighted by molar-refractivity contribution is 5.94. The molecule has 5 heteroatoms. The number of hydrogen-bond acceptors (Lipinski definition) is 3. The zero-order chi connectivity index (χ0) is 14.8. The summed E-state index contributed by atoms with van der Waals surface area (Å²) in [5, 5.41) is 4.04. The molecule has 0 N–H and O–H groups in total. The summed E-state index contributed by atoms with van der Waals surface area (Å²) in [6, 6.07) is 4.33. The van der Waals surface area contributed by atoms with E-state index in [2.05, 4.69) is 36.1 Å². The topological polar surface area (TPSA) is 51.0 Å². The first kappa shape index (κ1) is 13.8. The third kappa shape index (κ3) is 2.82. The molecule has 1 aromatic carbocycles. The van der Waals surface area contributed by atoms with Crippen LogP contribution < -0.4 is 4.90 Å². The van der Waals surface area contributed by atoms with Gasteiger partial charge in [-0.05, 0) is 49.4 Å². The Kier molecular flexibility index (Phi) is 3.73. The molecule has 0 radical (unpaired) electrons. The fraction of sp³-hybridized carbons (Fsp3) is 0.438. The van der Waals surface area contributed by atoms with E-state index in [0.29, 0.717) is 13.0 Å². The number of amides is 1. The second-order valence-corrected chi connectivity index (χ2v) is 5.64. The van der Waals surface area contributed by atoms with Crippen molar-refractivity contribution >= 4 is 11.6 Å². The van der Waals surface area contributed by atoms with Gasteiger partial charge in [-0.1, -0.05) is 6.07 Å². The van der Waals surface area contributed by atoms with Crippen LogP contribution in [-0.4, -0.2) is 27.2 Å². The van der Waals surface area contributed by atoms with Crippen LogP contribution in [0.2, 0.25) is 0 Å². The molecule has 21 heavy (non-hydrogen) atoms. The monoisotopic (exact) mass is 284 g/mol. The molecule has 1 aliphatic heterocycles. The van der Waals surface area contributed by atoms with Crippen LogP contribution in [-0.2, 0) is 17.8 Å². The third-order valence-electron chi connectivity index (χ3n) is 4.02. The number of fused-ring (bicyclic) bond motifs is 1. The SMILES string of the molecule is Cc1cc(C)c2c(c1)N(C(=O)CCn1cncn1)CCC2. The summed E-state index contributed by atoms with van der Waals surface area (Å²) >= 11 is 0. The molecule has 110 valence electrons. The molecule has 2 aromatic rings. The lowest BCUT2D eigenvalue weighted by molar-refractivity contribution is -0.119. The molecule has 5 nitrogen and oxygen atoms in total. The predicted molar refractivity (Wildman–Crippen MR) is 81.2 cm³/mol. The zero-order valence-corrected chi connectivity index (χ0v) is 12.5. The number of carbonyl (C=O) groups excluding carboxylic acids is 1. The van der Waals surface area contributed by atoms with Crippen LogP contribution in [0.3, 0.4) is 0 Å². The van der Waals surface area contributed by atoms with Gasteiger partial charge in [0.15, 0.2) is 0 Å². The Morgan fingerprint density at radius 1 is 1.33 bits per heavy atom. The first-order valence-corrected chi connectivity index (χ1v) is 7.38. The Morgan fingerprint density at radius 3 is 2.95 bits per heavy atom. The van der Waals surface area contributed by atoms with Crippen LogP contribution >= 0.6 is 0 Å². The Labute approximate surface area is 124 Å². The van der Waals surface area contributed by atoms with Crippen molar-refractivity contribution in [1.82, 2.24) is 14.8 Å². The molecule has 0 aliphatic carbocycles. The number of anilines is 1. The summed E-state index contributed by atoms with van der Waals surface area (Å²) in [5.41, 5.74) is 4.92. The fourth-order valence-electron chi connectivity index (χ4n) is 3.03. The van der Waals surface area contributed by atoms with Crippen molar-refractivity contribution in [2.45, 2.75) is 39.7 Å². The van der Waals surface area contributed by atoms with Crippen molar-refractivity contribution in [3.63, 3.8) is 0 Å². The first-order chi connectivity index (χ1) is 10.1. The Balaban J connectivity index is 1.79. The summed E-state index contributed by atoms with van der Waals surface area (Å²) in [4.78, 5) is 18.4. The van der Waals surface area contributed by atoms with Gasteiger partial charge in [-0.2, -0.15) is 5.10 Å². The van der Waals surface area contributed by atoms with Crippen LogP contribution in [0, 0.1) is 13.8 Å². The highest BCUT2D eigenvalue weighted by atomic mass is 16.2. The Hall–Kier alpha value is -2.17. The second-order valence-electron chi connectivity index (χ2n) is 5.64. The minimum Gasteiger partial charge on any atom is -0.312 e. The number of nitrogens with zero attached hydrogens (tertiary/aromatic N) is 4. The van der Waals surface area contributed by atoms with Crippen molar-refractivity contribution in [2.24, 2.45) is 0 Å². The van der Waals surface area contributed by atoms with Gasteiger partial charge in [0.05, 0.1) is 6.54 Å². The van der Waals surface area contributed by atoms with Crippen LogP contribution in [0.5, 0.6) is 0 Å². The lowest BCUT2D eigenvalue weighted by atomic mass is 9.95. The Bertz CT molecular complexity index is 649. The average molecular weight is 284 g/mol. The van der Waals surface area contributed by atoms with Crippen molar-refractivity contribution in [2.75, 3.05) is 11.4 Å². The molecule has 0 bridgehead atoms. The molecule has 3 rings (SSSR count). The molecule has 0 fully saturated rings. The van der Waals surface area contributed by atoms with E-state index in [-0.39, 0.29) is 5.91 Å². The van der Waals surface area contributed by atoms with Gasteiger partial charge in [-0.15, -0.1) is 0 Å². The molecule has 1 amide bonds. The standard InChI is InChI=1S/C16H20N4O/c1-12-8-13(2)14-4-3-6-20(15(14)9-12)16(21)5-7-19-11-17-10-18-19/h8-11H,3-7H2,1-2H3. The zero-order valence-electron chi connectivity index (χ0n) is 12.5. The number of benzene rings is 1. The minimum atomic E-state index is 0.163. The molecular weight excluding hydrogens is 264 g/mol. The molecule has 1 aliphatic rings. The highest BCUT2D eigenvalue weighted by Gasteiger charge is 2.23. The van der Waals surface area contributed by atoms with Crippen LogP contribution in [0.25, 0.3) is 0 Å². The fourth-order valence-corrected chi connectivity index (χ4v) is 3.03. The third-order valence-corrected chi connectivity index (χ3v) is 4.02. The van der Waals surface area contributed by atoms with Gasteiger partial charge < -0.3 is 4.90 Å². The van der Waals surface area contributed by atoms with Crippen molar-refractivity contribution in [1.29, 1.82) is 0 Å². The molecule has 0 saturated heterocycles. The largest absolute Gasteiger partial charge is 0.312 e. The van der Waals surface area contributed by atoms with Crippen LogP contribution in [0.1, 0.15) is 29.5 Å². The van der Waals surface area contributed by atoms with E-state index in [0.717, 1.165) is 25.1 Å². The molecule has 1 aromatic heterocycles. The van der Waals surface area contributed by atoms with Crippen molar-refractivity contribution in [3.05, 3.63) is 41.5 Å². The van der Waals surface area contributed by atoms with E-state index in [4.69, 9.17) is 0 Å². The predicted octanol–water partition coefficient (Wildman–Crippen LogP) is 2.26. The molecule has 0 unspecified atom stereocenters. The molecular formula is C16H20N4O. The van der Waals surface area contributed by atoms with Gasteiger partial charge in [0.1, 0.15) is 12.7 Å². The lowest BCUT2D eigenvalue weighted by Gasteiger charge is -2.31. The number of rotatable bonds is 3. The molecule has 2 heterocycles. The van der Waals surface area contributed by atoms with E-state index in [1.54, 1.807) is 11.0 Å². The van der Waals surface area contributed by atoms with Gasteiger partial charge in [-0.25, -0.2) is 4.98 Å². The quantitative estimate of drug-likeness (QED) is 0.868. The van der Waals surface area contributed by atoms with E-state index in [1.807, 2.05) is 4.90 Å². The normalized spacial score (nSPS) is 14.1. The number of aryl methyl sites for hydroxylation is 3. The highest BCUT2D eigenvalue weighted by Crippen LogP contribution is 2.31. The van der Waals surface area contributed by atoms with E-state index >= 15 is 0 Å². The lowest BCUT2D eigenvalue weighted by Crippen LogP contribution is -2.36. The van der Waals surface area contributed by atoms with E-state index in [1.165, 1.54) is 23.0 Å². The second kappa shape index (κ2) is 5.68. The maximum Gasteiger partial charge on any atom is 0.228 e. The van der Waals surface area contributed by atoms with Gasteiger partial charge in [0.25, 0.3) is 0 Å². The van der Waals surface area contributed by atoms with E-state index < -0.39 is 0 Å². The van der Waals surface area contributed by atoms with Gasteiger partial charge in [0, 0.05) is 18.7 Å². The van der Waals surface area contributed by atoms with Crippen molar-refractivity contribution in [3.8, 4) is 0 Å². The van der Waals surface area contributed by atoms with Crippen LogP contribution in [0.15, 0.2) is 24.8 Å².